The lowest BCUT2D eigenvalue weighted by atomic mass is 9.91. The van der Waals surface area contributed by atoms with Gasteiger partial charge in [0.2, 0.25) is 0 Å². The molecule has 1 aromatic rings. The van der Waals surface area contributed by atoms with Crippen LogP contribution in [0.1, 0.15) is 47.6 Å². The maximum Gasteiger partial charge on any atom is 0.300 e. The maximum absolute atomic E-state index is 11.4. The van der Waals surface area contributed by atoms with Gasteiger partial charge in [0, 0.05) is 18.2 Å². The number of aryl methyl sites for hydroxylation is 1. The summed E-state index contributed by atoms with van der Waals surface area (Å²) in [5.74, 6) is 5.59. The molecular weight excluding hydrogens is 258 g/mol. The molecule has 0 spiro atoms. The van der Waals surface area contributed by atoms with Crippen molar-refractivity contribution in [2.24, 2.45) is 5.84 Å². The number of nitrogens with two attached hydrogens (primary N) is 1. The van der Waals surface area contributed by atoms with E-state index >= 15 is 0 Å². The van der Waals surface area contributed by atoms with Gasteiger partial charge in [-0.3, -0.25) is 15.1 Å². The summed E-state index contributed by atoms with van der Waals surface area (Å²) in [6, 6.07) is 1.88. The van der Waals surface area contributed by atoms with E-state index in [-0.39, 0.29) is 17.9 Å². The number of hydrogen-bond acceptors (Lipinski definition) is 5. The second kappa shape index (κ2) is 6.39. The van der Waals surface area contributed by atoms with Crippen LogP contribution in [0.2, 0.25) is 0 Å². The number of nitrogens with one attached hydrogen (secondary N) is 1. The minimum atomic E-state index is -0.431. The van der Waals surface area contributed by atoms with E-state index in [0.29, 0.717) is 12.3 Å². The zero-order valence-corrected chi connectivity index (χ0v) is 12.1. The summed E-state index contributed by atoms with van der Waals surface area (Å²) in [6.07, 6.45) is 3.84. The van der Waals surface area contributed by atoms with Gasteiger partial charge in [-0.1, -0.05) is 12.8 Å². The summed E-state index contributed by atoms with van der Waals surface area (Å²) in [6.45, 7) is 2.47. The van der Waals surface area contributed by atoms with Crippen LogP contribution in [0.15, 0.2) is 10.5 Å². The molecule has 2 unspecified atom stereocenters. The number of carbonyl (C=O) groups is 1. The van der Waals surface area contributed by atoms with E-state index in [1.807, 2.05) is 14.0 Å². The van der Waals surface area contributed by atoms with Crippen LogP contribution >= 0.6 is 0 Å². The molecule has 112 valence electrons. The molecule has 1 amide bonds. The number of rotatable bonds is 4. The van der Waals surface area contributed by atoms with Crippen molar-refractivity contribution in [2.75, 3.05) is 7.05 Å². The predicted octanol–water partition coefficient (Wildman–Crippen LogP) is 0.927. The fraction of sp³-hybridized carbons (Fsp3) is 0.643. The summed E-state index contributed by atoms with van der Waals surface area (Å²) in [5, 5.41) is 10.1. The molecule has 6 heteroatoms. The topological polar surface area (TPSA) is 91.7 Å². The normalized spacial score (nSPS) is 23.1. The van der Waals surface area contributed by atoms with Crippen LogP contribution in [0.4, 0.5) is 0 Å². The maximum atomic E-state index is 11.4. The number of hydrazine groups is 1. The van der Waals surface area contributed by atoms with Gasteiger partial charge in [-0.25, -0.2) is 5.84 Å². The standard InChI is InChI=1S/C14H23N3O3/c1-9-10(7-13(20-9)14(19)16-15)8-17(2)11-5-3-4-6-12(11)18/h7,11-12,18H,3-6,8,15H2,1-2H3,(H,16,19). The summed E-state index contributed by atoms with van der Waals surface area (Å²) in [4.78, 5) is 13.6. The van der Waals surface area contributed by atoms with Gasteiger partial charge in [0.1, 0.15) is 5.76 Å². The van der Waals surface area contributed by atoms with Gasteiger partial charge >= 0.3 is 5.91 Å². The van der Waals surface area contributed by atoms with Crippen LogP contribution in [0.5, 0.6) is 0 Å². The Labute approximate surface area is 118 Å². The molecule has 0 radical (unpaired) electrons. The van der Waals surface area contributed by atoms with Crippen molar-refractivity contribution in [3.63, 3.8) is 0 Å². The van der Waals surface area contributed by atoms with Gasteiger partial charge in [-0.15, -0.1) is 0 Å². The quantitative estimate of drug-likeness (QED) is 0.434. The number of carbonyl (C=O) groups excluding carboxylic acids is 1. The summed E-state index contributed by atoms with van der Waals surface area (Å²) < 4.78 is 5.40. The molecule has 2 atom stereocenters. The monoisotopic (exact) mass is 281 g/mol. The molecule has 0 saturated heterocycles. The van der Waals surface area contributed by atoms with E-state index in [2.05, 4.69) is 10.3 Å². The minimum absolute atomic E-state index is 0.171. The Morgan fingerprint density at radius 2 is 2.25 bits per heavy atom. The SMILES string of the molecule is Cc1oc(C(=O)NN)cc1CN(C)C1CCCCC1O. The molecule has 1 heterocycles. The molecule has 1 aliphatic rings. The van der Waals surface area contributed by atoms with Gasteiger partial charge in [0.25, 0.3) is 0 Å². The van der Waals surface area contributed by atoms with E-state index < -0.39 is 5.91 Å². The minimum Gasteiger partial charge on any atom is -0.456 e. The highest BCUT2D eigenvalue weighted by Gasteiger charge is 2.27. The number of aliphatic hydroxyl groups is 1. The summed E-state index contributed by atoms with van der Waals surface area (Å²) in [7, 11) is 1.99. The van der Waals surface area contributed by atoms with E-state index in [4.69, 9.17) is 10.3 Å². The average Bonchev–Trinajstić information content (AvgIpc) is 2.79. The van der Waals surface area contributed by atoms with Crippen molar-refractivity contribution in [3.05, 3.63) is 23.2 Å². The van der Waals surface area contributed by atoms with Crippen LogP contribution in [0.25, 0.3) is 0 Å². The van der Waals surface area contributed by atoms with Crippen molar-refractivity contribution in [3.8, 4) is 0 Å². The van der Waals surface area contributed by atoms with Crippen molar-refractivity contribution < 1.29 is 14.3 Å². The average molecular weight is 281 g/mol. The molecule has 0 aliphatic heterocycles. The smallest absolute Gasteiger partial charge is 0.300 e. The largest absolute Gasteiger partial charge is 0.456 e. The zero-order valence-electron chi connectivity index (χ0n) is 12.1. The van der Waals surface area contributed by atoms with Gasteiger partial charge in [-0.05, 0) is 32.9 Å². The molecule has 4 N–H and O–H groups in total. The van der Waals surface area contributed by atoms with Crippen LogP contribution in [-0.2, 0) is 6.54 Å². The van der Waals surface area contributed by atoms with Crippen LogP contribution in [0, 0.1) is 6.92 Å². The fourth-order valence-corrected chi connectivity index (χ4v) is 2.85. The first-order valence-electron chi connectivity index (χ1n) is 7.01. The molecule has 1 aromatic heterocycles. The second-order valence-electron chi connectivity index (χ2n) is 5.50. The van der Waals surface area contributed by atoms with Crippen LogP contribution in [-0.4, -0.2) is 35.1 Å². The molecule has 6 nitrogen and oxygen atoms in total. The number of hydrogen-bond donors (Lipinski definition) is 3. The zero-order chi connectivity index (χ0) is 14.7. The number of likely N-dealkylation sites (N-methyl/N-ethyl adjacent to an activating group) is 1. The van der Waals surface area contributed by atoms with Gasteiger partial charge in [-0.2, -0.15) is 0 Å². The molecule has 0 bridgehead atoms. The van der Waals surface area contributed by atoms with Crippen LogP contribution < -0.4 is 11.3 Å². The molecule has 1 aliphatic carbocycles. The predicted molar refractivity (Wildman–Crippen MR) is 74.8 cm³/mol. The third kappa shape index (κ3) is 3.20. The molecule has 20 heavy (non-hydrogen) atoms. The van der Waals surface area contributed by atoms with Gasteiger partial charge in [0.05, 0.1) is 6.10 Å². The summed E-state index contributed by atoms with van der Waals surface area (Å²) in [5.41, 5.74) is 3.01. The summed E-state index contributed by atoms with van der Waals surface area (Å²) >= 11 is 0. The highest BCUT2D eigenvalue weighted by Crippen LogP contribution is 2.25. The van der Waals surface area contributed by atoms with E-state index in [0.717, 1.165) is 31.2 Å². The number of nitrogen functional groups attached to an aromatic ring is 1. The second-order valence-corrected chi connectivity index (χ2v) is 5.50. The highest BCUT2D eigenvalue weighted by atomic mass is 16.4. The Hall–Kier alpha value is -1.37. The van der Waals surface area contributed by atoms with E-state index in [1.165, 1.54) is 0 Å². The molecular formula is C14H23N3O3. The van der Waals surface area contributed by atoms with E-state index in [1.54, 1.807) is 6.07 Å². The highest BCUT2D eigenvalue weighted by molar-refractivity contribution is 5.91. The molecule has 1 fully saturated rings. The molecule has 1 saturated carbocycles. The molecule has 0 aromatic carbocycles. The Balaban J connectivity index is 2.05. The number of amides is 1. The van der Waals surface area contributed by atoms with Crippen molar-refractivity contribution >= 4 is 5.91 Å². The lowest BCUT2D eigenvalue weighted by Crippen LogP contribution is -2.42. The number of nitrogens with zero attached hydrogens (tertiary/aromatic N) is 1. The van der Waals surface area contributed by atoms with E-state index in [9.17, 15) is 9.90 Å². The lowest BCUT2D eigenvalue weighted by Gasteiger charge is -2.35. The van der Waals surface area contributed by atoms with Gasteiger partial charge in [0.15, 0.2) is 5.76 Å². The third-order valence-electron chi connectivity index (χ3n) is 4.06. The van der Waals surface area contributed by atoms with Gasteiger partial charge < -0.3 is 9.52 Å². The Kier molecular flexibility index (Phi) is 4.80. The van der Waals surface area contributed by atoms with Crippen molar-refractivity contribution in [2.45, 2.75) is 51.3 Å². The Morgan fingerprint density at radius 3 is 2.90 bits per heavy atom. The third-order valence-corrected chi connectivity index (χ3v) is 4.06. The Morgan fingerprint density at radius 1 is 1.55 bits per heavy atom. The van der Waals surface area contributed by atoms with Crippen LogP contribution in [0.3, 0.4) is 0 Å². The fourth-order valence-electron chi connectivity index (χ4n) is 2.85. The first kappa shape index (κ1) is 15.0. The van der Waals surface area contributed by atoms with Crippen molar-refractivity contribution in [1.82, 2.24) is 10.3 Å². The Bertz CT molecular complexity index is 472. The lowest BCUT2D eigenvalue weighted by molar-refractivity contribution is 0.0286. The number of furan rings is 1. The first-order chi connectivity index (χ1) is 9.52. The number of aliphatic hydroxyl groups excluding tert-OH is 1. The first-order valence-corrected chi connectivity index (χ1v) is 7.01. The van der Waals surface area contributed by atoms with Crippen molar-refractivity contribution in [1.29, 1.82) is 0 Å². The molecule has 2 rings (SSSR count).